The minimum Gasteiger partial charge on any atom is -0.471 e. The number of aromatic amines is 1. The number of nitrogens with zero attached hydrogens (tertiary/aromatic N) is 3. The van der Waals surface area contributed by atoms with E-state index in [2.05, 4.69) is 44.8 Å². The Labute approximate surface area is 174 Å². The van der Waals surface area contributed by atoms with Gasteiger partial charge in [0.15, 0.2) is 0 Å². The van der Waals surface area contributed by atoms with Crippen LogP contribution in [-0.4, -0.2) is 52.6 Å². The zero-order valence-electron chi connectivity index (χ0n) is 16.9. The van der Waals surface area contributed by atoms with Gasteiger partial charge in [-0.3, -0.25) is 10.1 Å². The molecule has 1 saturated heterocycles. The Morgan fingerprint density at radius 1 is 1.17 bits per heavy atom. The van der Waals surface area contributed by atoms with E-state index in [0.717, 1.165) is 48.4 Å². The molecule has 3 aromatic rings. The quantitative estimate of drug-likeness (QED) is 0.695. The molecule has 1 atom stereocenters. The van der Waals surface area contributed by atoms with Crippen LogP contribution in [-0.2, 0) is 4.74 Å². The predicted molar refractivity (Wildman–Crippen MR) is 114 cm³/mol. The summed E-state index contributed by atoms with van der Waals surface area (Å²) in [6.45, 7) is 3.40. The molecular formula is C23H25N5O2. The van der Waals surface area contributed by atoms with Gasteiger partial charge in [0.1, 0.15) is 17.5 Å². The minimum absolute atomic E-state index is 0.166. The number of hydrogen-bond donors (Lipinski definition) is 2. The lowest BCUT2D eigenvalue weighted by atomic mass is 9.92. The van der Waals surface area contributed by atoms with Crippen molar-refractivity contribution in [3.63, 3.8) is 0 Å². The van der Waals surface area contributed by atoms with E-state index >= 15 is 0 Å². The molecule has 2 aliphatic heterocycles. The molecule has 2 fully saturated rings. The molecule has 154 valence electrons. The van der Waals surface area contributed by atoms with Gasteiger partial charge in [-0.1, -0.05) is 12.1 Å². The SMILES string of the molecule is C1=C(c2ccc3[nH]nc(-c4cncc(OC5CNCCC56CC6)n4)c3c2)CCOC1. The summed E-state index contributed by atoms with van der Waals surface area (Å²) in [5, 5.41) is 12.2. The van der Waals surface area contributed by atoms with E-state index in [1.54, 1.807) is 12.4 Å². The summed E-state index contributed by atoms with van der Waals surface area (Å²) in [6.07, 6.45) is 10.4. The molecule has 3 aliphatic rings. The lowest BCUT2D eigenvalue weighted by Crippen LogP contribution is -2.45. The van der Waals surface area contributed by atoms with Crippen LogP contribution >= 0.6 is 0 Å². The maximum Gasteiger partial charge on any atom is 0.233 e. The fraction of sp³-hybridized carbons (Fsp3) is 0.435. The van der Waals surface area contributed by atoms with Crippen LogP contribution in [0.5, 0.6) is 5.88 Å². The summed E-state index contributed by atoms with van der Waals surface area (Å²) in [7, 11) is 0. The lowest BCUT2D eigenvalue weighted by Gasteiger charge is -2.32. The van der Waals surface area contributed by atoms with Gasteiger partial charge in [0.25, 0.3) is 0 Å². The van der Waals surface area contributed by atoms with Gasteiger partial charge in [-0.25, -0.2) is 4.98 Å². The van der Waals surface area contributed by atoms with Crippen molar-refractivity contribution < 1.29 is 9.47 Å². The summed E-state index contributed by atoms with van der Waals surface area (Å²) < 4.78 is 11.8. The molecule has 2 aromatic heterocycles. The van der Waals surface area contributed by atoms with Crippen molar-refractivity contribution in [1.82, 2.24) is 25.5 Å². The Kier molecular flexibility index (Phi) is 4.32. The molecule has 1 aliphatic carbocycles. The summed E-state index contributed by atoms with van der Waals surface area (Å²) in [4.78, 5) is 9.17. The highest BCUT2D eigenvalue weighted by molar-refractivity contribution is 5.94. The Hall–Kier alpha value is -2.77. The third kappa shape index (κ3) is 3.18. The molecule has 6 rings (SSSR count). The Morgan fingerprint density at radius 2 is 2.13 bits per heavy atom. The number of aromatic nitrogens is 4. The van der Waals surface area contributed by atoms with Crippen molar-refractivity contribution in [2.45, 2.75) is 31.8 Å². The van der Waals surface area contributed by atoms with Crippen molar-refractivity contribution in [2.75, 3.05) is 26.3 Å². The average molecular weight is 403 g/mol. The van der Waals surface area contributed by atoms with E-state index in [-0.39, 0.29) is 6.10 Å². The van der Waals surface area contributed by atoms with Crippen molar-refractivity contribution in [3.05, 3.63) is 42.2 Å². The van der Waals surface area contributed by atoms with E-state index in [9.17, 15) is 0 Å². The molecule has 1 aromatic carbocycles. The number of fused-ring (bicyclic) bond motifs is 1. The van der Waals surface area contributed by atoms with Gasteiger partial charge in [-0.05, 0) is 55.5 Å². The van der Waals surface area contributed by atoms with E-state index < -0.39 is 0 Å². The molecule has 0 bridgehead atoms. The van der Waals surface area contributed by atoms with Crippen LogP contribution in [0.3, 0.4) is 0 Å². The van der Waals surface area contributed by atoms with Gasteiger partial charge < -0.3 is 14.8 Å². The molecule has 7 nitrogen and oxygen atoms in total. The molecule has 7 heteroatoms. The van der Waals surface area contributed by atoms with E-state index in [0.29, 0.717) is 17.9 Å². The summed E-state index contributed by atoms with van der Waals surface area (Å²) in [6, 6.07) is 6.40. The summed E-state index contributed by atoms with van der Waals surface area (Å²) in [5.74, 6) is 0.576. The average Bonchev–Trinajstić information content (AvgIpc) is 3.44. The number of rotatable bonds is 4. The highest BCUT2D eigenvalue weighted by Gasteiger charge is 2.52. The normalized spacial score (nSPS) is 22.8. The van der Waals surface area contributed by atoms with Crippen LogP contribution < -0.4 is 10.1 Å². The van der Waals surface area contributed by atoms with Gasteiger partial charge in [0.05, 0.1) is 31.1 Å². The Balaban J connectivity index is 1.32. The zero-order chi connectivity index (χ0) is 20.0. The van der Waals surface area contributed by atoms with Crippen molar-refractivity contribution >= 4 is 16.5 Å². The van der Waals surface area contributed by atoms with Crippen LogP contribution in [0.2, 0.25) is 0 Å². The van der Waals surface area contributed by atoms with Crippen LogP contribution in [0.25, 0.3) is 27.9 Å². The topological polar surface area (TPSA) is 85.0 Å². The van der Waals surface area contributed by atoms with E-state index in [1.807, 2.05) is 0 Å². The number of H-pyrrole nitrogens is 1. The van der Waals surface area contributed by atoms with E-state index in [1.165, 1.54) is 30.4 Å². The molecule has 0 amide bonds. The number of hydrogen-bond acceptors (Lipinski definition) is 6. The minimum atomic E-state index is 0.166. The van der Waals surface area contributed by atoms with Crippen molar-refractivity contribution in [1.29, 1.82) is 0 Å². The second-order valence-corrected chi connectivity index (χ2v) is 8.55. The summed E-state index contributed by atoms with van der Waals surface area (Å²) in [5.41, 5.74) is 5.39. The smallest absolute Gasteiger partial charge is 0.233 e. The van der Waals surface area contributed by atoms with Crippen LogP contribution in [0, 0.1) is 5.41 Å². The van der Waals surface area contributed by atoms with E-state index in [4.69, 9.17) is 14.5 Å². The number of ether oxygens (including phenoxy) is 2. The molecular weight excluding hydrogens is 378 g/mol. The first-order valence-corrected chi connectivity index (χ1v) is 10.8. The van der Waals surface area contributed by atoms with Gasteiger partial charge >= 0.3 is 0 Å². The Morgan fingerprint density at radius 3 is 3.00 bits per heavy atom. The molecule has 0 radical (unpaired) electrons. The lowest BCUT2D eigenvalue weighted by molar-refractivity contribution is 0.0844. The second kappa shape index (κ2) is 7.18. The number of piperidine rings is 1. The largest absolute Gasteiger partial charge is 0.471 e. The van der Waals surface area contributed by atoms with Gasteiger partial charge in [0, 0.05) is 17.3 Å². The fourth-order valence-corrected chi connectivity index (χ4v) is 4.71. The maximum absolute atomic E-state index is 6.31. The third-order valence-corrected chi connectivity index (χ3v) is 6.72. The molecule has 30 heavy (non-hydrogen) atoms. The van der Waals surface area contributed by atoms with Crippen LogP contribution in [0.4, 0.5) is 0 Å². The number of nitrogens with one attached hydrogen (secondary N) is 2. The molecule has 1 saturated carbocycles. The first kappa shape index (κ1) is 18.0. The third-order valence-electron chi connectivity index (χ3n) is 6.72. The zero-order valence-corrected chi connectivity index (χ0v) is 16.9. The maximum atomic E-state index is 6.31. The fourth-order valence-electron chi connectivity index (χ4n) is 4.71. The predicted octanol–water partition coefficient (Wildman–Crippen LogP) is 3.34. The molecule has 1 spiro atoms. The first-order valence-electron chi connectivity index (χ1n) is 10.8. The molecule has 1 unspecified atom stereocenters. The summed E-state index contributed by atoms with van der Waals surface area (Å²) >= 11 is 0. The Bertz CT molecular complexity index is 1120. The van der Waals surface area contributed by atoms with Gasteiger partial charge in [-0.15, -0.1) is 0 Å². The molecule has 4 heterocycles. The van der Waals surface area contributed by atoms with Gasteiger partial charge in [0.2, 0.25) is 5.88 Å². The van der Waals surface area contributed by atoms with Crippen molar-refractivity contribution in [2.24, 2.45) is 5.41 Å². The van der Waals surface area contributed by atoms with Crippen LogP contribution in [0.1, 0.15) is 31.2 Å². The number of benzene rings is 1. The highest BCUT2D eigenvalue weighted by atomic mass is 16.5. The molecule has 2 N–H and O–H groups in total. The van der Waals surface area contributed by atoms with Crippen LogP contribution in [0.15, 0.2) is 36.7 Å². The highest BCUT2D eigenvalue weighted by Crippen LogP contribution is 2.53. The standard InChI is InChI=1S/C23H25N5O2/c1-2-18-17(11-16(1)15-3-9-29-10-4-15)22(28-27-18)19-12-25-14-21(26-19)30-20-13-24-8-7-23(20)5-6-23/h1-3,11-12,14,20,24H,4-10,13H2,(H,27,28). The second-order valence-electron chi connectivity index (χ2n) is 8.55. The monoisotopic (exact) mass is 403 g/mol. The first-order chi connectivity index (χ1) is 14.8. The van der Waals surface area contributed by atoms with Gasteiger partial charge in [-0.2, -0.15) is 5.10 Å². The van der Waals surface area contributed by atoms with Crippen molar-refractivity contribution in [3.8, 4) is 17.3 Å².